The van der Waals surface area contributed by atoms with Crippen LogP contribution in [0.5, 0.6) is 0 Å². The van der Waals surface area contributed by atoms with Gasteiger partial charge in [0.1, 0.15) is 0 Å². The van der Waals surface area contributed by atoms with Gasteiger partial charge in [-0.25, -0.2) is 19.7 Å². The number of nitrogens with zero attached hydrogens (tertiary/aromatic N) is 5. The van der Waals surface area contributed by atoms with E-state index < -0.39 is 189 Å². The highest BCUT2D eigenvalue weighted by Gasteiger charge is 2.13. The lowest BCUT2D eigenvalue weighted by molar-refractivity contribution is 0.795. The predicted octanol–water partition coefficient (Wildman–Crippen LogP) is 7.40. The van der Waals surface area contributed by atoms with Gasteiger partial charge < -0.3 is 0 Å². The van der Waals surface area contributed by atoms with E-state index in [1.54, 1.807) is 0 Å². The van der Waals surface area contributed by atoms with Crippen LogP contribution in [-0.2, 0) is 14.1 Å². The summed E-state index contributed by atoms with van der Waals surface area (Å²) in [5.41, 5.74) is -5.58. The quantitative estimate of drug-likeness (QED) is 0.218. The lowest BCUT2D eigenvalue weighted by atomic mass is 9.99. The zero-order valence-corrected chi connectivity index (χ0v) is 21.6. The highest BCUT2D eigenvalue weighted by molar-refractivity contribution is 5.83. The molecule has 0 aliphatic rings. The number of rotatable bonds is 5. The molecule has 2 aromatic heterocycles. The second-order valence-electron chi connectivity index (χ2n) is 8.65. The molecule has 6 nitrogen and oxygen atoms in total. The van der Waals surface area contributed by atoms with Gasteiger partial charge in [-0.2, -0.15) is 0 Å². The molecular formula is C36H27N5O. The van der Waals surface area contributed by atoms with Crippen molar-refractivity contribution in [2.45, 2.75) is 0 Å². The molecule has 0 fully saturated rings. The van der Waals surface area contributed by atoms with E-state index in [1.807, 2.05) is 0 Å². The van der Waals surface area contributed by atoms with E-state index >= 15 is 0 Å². The van der Waals surface area contributed by atoms with Gasteiger partial charge in [0.2, 0.25) is 0 Å². The summed E-state index contributed by atoms with van der Waals surface area (Å²) in [6.07, 6.45) is 0. The molecule has 5 aromatic carbocycles. The summed E-state index contributed by atoms with van der Waals surface area (Å²) in [6.45, 7) is 0. The molecule has 0 bridgehead atoms. The Morgan fingerprint density at radius 3 is 1.29 bits per heavy atom. The first-order valence-electron chi connectivity index (χ1n) is 22.6. The van der Waals surface area contributed by atoms with Crippen LogP contribution in [0.15, 0.2) is 132 Å². The summed E-state index contributed by atoms with van der Waals surface area (Å²) >= 11 is 0. The number of imidazole rings is 1. The van der Waals surface area contributed by atoms with Crippen LogP contribution >= 0.6 is 0 Å². The van der Waals surface area contributed by atoms with E-state index in [0.717, 1.165) is 9.13 Å². The monoisotopic (exact) mass is 566 g/mol. The van der Waals surface area contributed by atoms with Crippen LogP contribution in [0.2, 0.25) is 0 Å². The lowest BCUT2D eigenvalue weighted by Crippen LogP contribution is -2.19. The second-order valence-corrected chi connectivity index (χ2v) is 8.65. The third-order valence-corrected chi connectivity index (χ3v) is 6.07. The average Bonchev–Trinajstić information content (AvgIpc) is 3.47. The summed E-state index contributed by atoms with van der Waals surface area (Å²) in [7, 11) is 2.64. The number of benzene rings is 5. The molecule has 0 radical (unpaired) electrons. The smallest absolute Gasteiger partial charge is 0.295 e. The van der Waals surface area contributed by atoms with Crippen molar-refractivity contribution in [1.82, 2.24) is 24.1 Å². The third kappa shape index (κ3) is 4.59. The van der Waals surface area contributed by atoms with Crippen molar-refractivity contribution in [1.29, 1.82) is 0 Å². The zero-order valence-electron chi connectivity index (χ0n) is 42.6. The van der Waals surface area contributed by atoms with Crippen LogP contribution in [0, 0.1) is 0 Å². The zero-order chi connectivity index (χ0) is 46.9. The van der Waals surface area contributed by atoms with Gasteiger partial charge in [-0.15, -0.1) is 0 Å². The Labute approximate surface area is 272 Å². The maximum absolute atomic E-state index is 12.7. The van der Waals surface area contributed by atoms with Crippen molar-refractivity contribution < 1.29 is 28.8 Å². The van der Waals surface area contributed by atoms with Crippen molar-refractivity contribution in [3.63, 3.8) is 0 Å². The molecule has 0 atom stereocenters. The van der Waals surface area contributed by atoms with Crippen molar-refractivity contribution in [2.24, 2.45) is 14.1 Å². The van der Waals surface area contributed by atoms with Gasteiger partial charge in [-0.05, 0) is 34.3 Å². The molecule has 0 aliphatic carbocycles. The van der Waals surface area contributed by atoms with Gasteiger partial charge in [0.15, 0.2) is 17.5 Å². The number of hydrogen-bond donors (Lipinski definition) is 0. The first-order valence-corrected chi connectivity index (χ1v) is 12.1. The maximum Gasteiger partial charge on any atom is 0.328 e. The molecule has 6 heteroatoms. The molecule has 0 unspecified atom stereocenters. The second kappa shape index (κ2) is 10.4. The molecule has 42 heavy (non-hydrogen) atoms. The van der Waals surface area contributed by atoms with Crippen LogP contribution in [0.4, 0.5) is 0 Å². The Morgan fingerprint density at radius 2 is 0.810 bits per heavy atom. The van der Waals surface area contributed by atoms with E-state index in [2.05, 4.69) is 15.0 Å². The molecule has 7 aromatic rings. The Bertz CT molecular complexity index is 3100. The van der Waals surface area contributed by atoms with Crippen LogP contribution in [-0.4, -0.2) is 24.1 Å². The van der Waals surface area contributed by atoms with E-state index in [0.29, 0.717) is 0 Å². The predicted molar refractivity (Wildman–Crippen MR) is 169 cm³/mol. The third-order valence-electron chi connectivity index (χ3n) is 6.07. The van der Waals surface area contributed by atoms with Crippen molar-refractivity contribution in [3.8, 4) is 56.4 Å². The fourth-order valence-electron chi connectivity index (χ4n) is 3.96. The first kappa shape index (κ1) is 11.3. The summed E-state index contributed by atoms with van der Waals surface area (Å²) in [5.74, 6) is -2.29. The molecule has 0 aliphatic heterocycles. The maximum atomic E-state index is 12.7. The SMILES string of the molecule is [2H]c1c([2H])c([2H])c(-c2nc(-c3c([2H])c([2H])c([2H])c([2H])c3[2H])nc(-c3c([2H])c([2H])c(-c4c([2H])c([2H])c(-c5c([2H])c([2H])c6c(c5[2H])n(C)c(=O)n6C)c([2H])c4[2H])c([2H])c3[2H])n2)c([2H])c1[2H]. The minimum Gasteiger partial charge on any atom is -0.295 e. The van der Waals surface area contributed by atoms with Crippen molar-refractivity contribution in [2.75, 3.05) is 0 Å². The van der Waals surface area contributed by atoms with Gasteiger partial charge in [0, 0.05) is 30.8 Å². The normalized spacial score (nSPS) is 18.2. The molecular weight excluding hydrogens is 518 g/mol. The van der Waals surface area contributed by atoms with Crippen molar-refractivity contribution >= 4 is 11.0 Å². The Hall–Kier alpha value is -5.62. The molecule has 0 saturated carbocycles. The minimum atomic E-state index is -0.981. The minimum absolute atomic E-state index is 0.0871. The highest BCUT2D eigenvalue weighted by Crippen LogP contribution is 2.29. The molecule has 202 valence electrons. The Balaban J connectivity index is 1.53. The molecule has 0 amide bonds. The Kier molecular flexibility index (Phi) is 2.81. The van der Waals surface area contributed by atoms with E-state index in [1.165, 1.54) is 14.1 Å². The first-order chi connectivity index (χ1) is 29.3. The number of fused-ring (bicyclic) bond motifs is 1. The number of aryl methyl sites for hydroxylation is 2. The standard InChI is InChI=1S/C36H27N5O/c1-40-31-22-21-30(23-32(31)41(2)36(40)42)26-15-13-24(14-16-26)25-17-19-29(20-18-25)35-38-33(27-9-5-3-6-10-27)37-34(39-35)28-11-7-4-8-12-28/h3-23H,1-2H3/i3D,4D,5D,6D,7D,8D,9D,10D,11D,12D,13D,14D,15D,16D,17D,18D,19D,20D,21D,22D,23D. The molecule has 0 N–H and O–H groups in total. The average molecular weight is 567 g/mol. The van der Waals surface area contributed by atoms with Crippen LogP contribution < -0.4 is 5.69 Å². The fraction of sp³-hybridized carbons (Fsp3) is 0.0556. The summed E-state index contributed by atoms with van der Waals surface area (Å²) in [4.78, 5) is 25.2. The largest absolute Gasteiger partial charge is 0.328 e. The molecule has 0 spiro atoms. The van der Waals surface area contributed by atoms with Gasteiger partial charge in [-0.3, -0.25) is 9.13 Å². The van der Waals surface area contributed by atoms with Gasteiger partial charge in [0.05, 0.1) is 39.8 Å². The van der Waals surface area contributed by atoms with E-state index in [-0.39, 0.29) is 11.0 Å². The molecule has 7 rings (SSSR count). The summed E-state index contributed by atoms with van der Waals surface area (Å²) in [5, 5.41) is 0. The highest BCUT2D eigenvalue weighted by atomic mass is 16.1. The topological polar surface area (TPSA) is 65.6 Å². The number of aromatic nitrogens is 5. The van der Waals surface area contributed by atoms with Crippen LogP contribution in [0.3, 0.4) is 0 Å². The fourth-order valence-corrected chi connectivity index (χ4v) is 3.96. The van der Waals surface area contributed by atoms with Crippen LogP contribution in [0.25, 0.3) is 67.5 Å². The van der Waals surface area contributed by atoms with Gasteiger partial charge >= 0.3 is 5.69 Å². The summed E-state index contributed by atoms with van der Waals surface area (Å²) < 4.78 is 183. The summed E-state index contributed by atoms with van der Waals surface area (Å²) in [6, 6.07) is -17.6. The molecule has 0 saturated heterocycles. The van der Waals surface area contributed by atoms with Gasteiger partial charge in [-0.1, -0.05) is 115 Å². The molecule has 2 heterocycles. The van der Waals surface area contributed by atoms with Crippen molar-refractivity contribution in [3.05, 3.63) is 137 Å². The van der Waals surface area contributed by atoms with E-state index in [9.17, 15) is 4.79 Å². The Morgan fingerprint density at radius 1 is 0.452 bits per heavy atom. The number of hydrogen-bond acceptors (Lipinski definition) is 4. The van der Waals surface area contributed by atoms with Crippen LogP contribution in [0.1, 0.15) is 28.8 Å². The van der Waals surface area contributed by atoms with Gasteiger partial charge in [0.25, 0.3) is 0 Å². The van der Waals surface area contributed by atoms with E-state index in [4.69, 9.17) is 28.8 Å². The lowest BCUT2D eigenvalue weighted by Gasteiger charge is -2.09.